The quantitative estimate of drug-likeness (QED) is 0.257. The number of oxazole rings is 1. The molecule has 0 radical (unpaired) electrons. The summed E-state index contributed by atoms with van der Waals surface area (Å²) in [5.74, 6) is 4.10. The summed E-state index contributed by atoms with van der Waals surface area (Å²) < 4.78 is 12.8. The molecule has 1 aliphatic carbocycles. The summed E-state index contributed by atoms with van der Waals surface area (Å²) in [4.78, 5) is 6.79. The predicted octanol–water partition coefficient (Wildman–Crippen LogP) is 4.81. The molecule has 2 aliphatic rings. The third-order valence-electron chi connectivity index (χ3n) is 7.63. The summed E-state index contributed by atoms with van der Waals surface area (Å²) in [5.41, 5.74) is 5.92. The number of aryl methyl sites for hydroxylation is 3. The van der Waals surface area contributed by atoms with E-state index >= 15 is 0 Å². The lowest BCUT2D eigenvalue weighted by molar-refractivity contribution is 0.299. The van der Waals surface area contributed by atoms with E-state index in [1.54, 1.807) is 11.8 Å². The fourth-order valence-electron chi connectivity index (χ4n) is 5.67. The molecular formula is C26H30N6O2S. The molecule has 2 atom stereocenters. The Bertz CT molecular complexity index is 1340. The molecule has 9 heteroatoms. The van der Waals surface area contributed by atoms with Gasteiger partial charge < -0.3 is 18.4 Å². The van der Waals surface area contributed by atoms with Crippen LogP contribution in [0.3, 0.4) is 0 Å². The minimum atomic E-state index is 0.345. The van der Waals surface area contributed by atoms with Crippen LogP contribution in [0.1, 0.15) is 35.6 Å². The molecule has 4 aromatic rings. The van der Waals surface area contributed by atoms with Gasteiger partial charge in [0.15, 0.2) is 17.3 Å². The molecule has 1 saturated carbocycles. The minimum Gasteiger partial charge on any atom is -0.440 e. The van der Waals surface area contributed by atoms with Crippen molar-refractivity contribution < 1.29 is 8.94 Å². The molecule has 3 aromatic heterocycles. The lowest BCUT2D eigenvalue weighted by Crippen LogP contribution is -2.27. The third-order valence-corrected chi connectivity index (χ3v) is 8.74. The molecule has 0 spiro atoms. The maximum atomic E-state index is 5.48. The van der Waals surface area contributed by atoms with Crippen LogP contribution in [-0.4, -0.2) is 55.2 Å². The average molecular weight is 491 g/mol. The van der Waals surface area contributed by atoms with Crippen molar-refractivity contribution in [1.82, 2.24) is 29.8 Å². The Morgan fingerprint density at radius 1 is 1.11 bits per heavy atom. The van der Waals surface area contributed by atoms with Gasteiger partial charge in [-0.1, -0.05) is 41.2 Å². The van der Waals surface area contributed by atoms with Crippen molar-refractivity contribution in [2.75, 3.05) is 25.4 Å². The fourth-order valence-corrected chi connectivity index (χ4v) is 6.51. The number of hydrogen-bond donors (Lipinski definition) is 0. The maximum Gasteiger partial charge on any atom is 0.202 e. The van der Waals surface area contributed by atoms with E-state index in [4.69, 9.17) is 8.94 Å². The Morgan fingerprint density at radius 3 is 2.66 bits per heavy atom. The maximum absolute atomic E-state index is 5.48. The first kappa shape index (κ1) is 22.5. The molecule has 1 aliphatic heterocycles. The van der Waals surface area contributed by atoms with Crippen LogP contribution in [-0.2, 0) is 12.5 Å². The second-order valence-electron chi connectivity index (χ2n) is 9.90. The van der Waals surface area contributed by atoms with Gasteiger partial charge >= 0.3 is 0 Å². The molecule has 0 unspecified atom stereocenters. The van der Waals surface area contributed by atoms with Gasteiger partial charge in [0.1, 0.15) is 5.76 Å². The predicted molar refractivity (Wildman–Crippen MR) is 134 cm³/mol. The van der Waals surface area contributed by atoms with Gasteiger partial charge in [0.25, 0.3) is 0 Å². The van der Waals surface area contributed by atoms with Crippen LogP contribution in [0.25, 0.3) is 22.7 Å². The number of nitrogens with zero attached hydrogens (tertiary/aromatic N) is 6. The number of thioether (sulfide) groups is 1. The third kappa shape index (κ3) is 3.90. The summed E-state index contributed by atoms with van der Waals surface area (Å²) >= 11 is 1.75. The highest BCUT2D eigenvalue weighted by Crippen LogP contribution is 2.59. The zero-order chi connectivity index (χ0) is 24.2. The zero-order valence-corrected chi connectivity index (χ0v) is 21.4. The van der Waals surface area contributed by atoms with E-state index in [1.165, 1.54) is 30.5 Å². The first-order valence-corrected chi connectivity index (χ1v) is 13.1. The minimum absolute atomic E-state index is 0.345. The van der Waals surface area contributed by atoms with Gasteiger partial charge in [-0.15, -0.1) is 10.2 Å². The van der Waals surface area contributed by atoms with E-state index in [2.05, 4.69) is 49.5 Å². The number of likely N-dealkylation sites (tertiary alicyclic amines) is 1. The smallest absolute Gasteiger partial charge is 0.202 e. The summed E-state index contributed by atoms with van der Waals surface area (Å²) in [7, 11) is 1.98. The van der Waals surface area contributed by atoms with Crippen LogP contribution in [0.4, 0.5) is 0 Å². The normalized spacial score (nSPS) is 21.5. The molecule has 182 valence electrons. The second-order valence-corrected chi connectivity index (χ2v) is 11.0. The molecule has 8 nitrogen and oxygen atoms in total. The Kier molecular flexibility index (Phi) is 5.56. The molecule has 4 heterocycles. The van der Waals surface area contributed by atoms with Gasteiger partial charge in [-0.3, -0.25) is 0 Å². The van der Waals surface area contributed by atoms with E-state index in [0.717, 1.165) is 64.9 Å². The highest BCUT2D eigenvalue weighted by atomic mass is 32.2. The lowest BCUT2D eigenvalue weighted by atomic mass is 9.92. The monoisotopic (exact) mass is 490 g/mol. The van der Waals surface area contributed by atoms with Crippen LogP contribution >= 0.6 is 11.8 Å². The van der Waals surface area contributed by atoms with Crippen LogP contribution in [0.15, 0.2) is 44.8 Å². The van der Waals surface area contributed by atoms with Crippen molar-refractivity contribution in [2.24, 2.45) is 13.0 Å². The van der Waals surface area contributed by atoms with Crippen LogP contribution in [0.5, 0.6) is 0 Å². The SMILES string of the molecule is Cc1ncoc1-c1nnc(SCCCN2C[C@@H]3C[C@]3(c3ccc(-c4c(C)noc4C)cc3)C2)n1C. The van der Waals surface area contributed by atoms with Gasteiger partial charge in [0.2, 0.25) is 5.82 Å². The first-order valence-electron chi connectivity index (χ1n) is 12.1. The Balaban J connectivity index is 1.03. The van der Waals surface area contributed by atoms with E-state index in [1.807, 2.05) is 32.4 Å². The fraction of sp³-hybridized carbons (Fsp3) is 0.462. The standard InChI is InChI=1S/C26H30N6O2S/c1-16-22(18(3)34-30-16)19-6-8-20(9-7-19)26-12-21(26)13-32(14-26)10-5-11-35-25-29-28-24(31(25)4)23-17(2)27-15-33-23/h6-9,15,21H,5,10-14H2,1-4H3/t21-,26+/m0/s1. The van der Waals surface area contributed by atoms with E-state index in [-0.39, 0.29) is 0 Å². The Labute approximate surface area is 209 Å². The number of hydrogen-bond acceptors (Lipinski definition) is 8. The number of fused-ring (bicyclic) bond motifs is 1. The van der Waals surface area contributed by atoms with Crippen molar-refractivity contribution in [2.45, 2.75) is 44.2 Å². The highest BCUT2D eigenvalue weighted by Gasteiger charge is 2.60. The number of piperidine rings is 1. The van der Waals surface area contributed by atoms with Gasteiger partial charge in [-0.25, -0.2) is 4.98 Å². The molecule has 6 rings (SSSR count). The topological polar surface area (TPSA) is 86.0 Å². The zero-order valence-electron chi connectivity index (χ0n) is 20.6. The van der Waals surface area contributed by atoms with Crippen molar-refractivity contribution in [3.05, 3.63) is 53.4 Å². The van der Waals surface area contributed by atoms with Gasteiger partial charge in [0.05, 0.1) is 11.4 Å². The molecule has 0 N–H and O–H groups in total. The Morgan fingerprint density at radius 2 is 1.94 bits per heavy atom. The van der Waals surface area contributed by atoms with Gasteiger partial charge in [-0.05, 0) is 57.2 Å². The highest BCUT2D eigenvalue weighted by molar-refractivity contribution is 7.99. The van der Waals surface area contributed by atoms with Crippen LogP contribution in [0.2, 0.25) is 0 Å². The van der Waals surface area contributed by atoms with Crippen molar-refractivity contribution in [3.63, 3.8) is 0 Å². The van der Waals surface area contributed by atoms with Crippen molar-refractivity contribution in [1.29, 1.82) is 0 Å². The van der Waals surface area contributed by atoms with E-state index in [9.17, 15) is 0 Å². The molecule has 1 saturated heterocycles. The van der Waals surface area contributed by atoms with Gasteiger partial charge in [0, 0.05) is 36.9 Å². The number of rotatable bonds is 8. The van der Waals surface area contributed by atoms with Crippen molar-refractivity contribution in [3.8, 4) is 22.7 Å². The first-order chi connectivity index (χ1) is 17.0. The molecule has 35 heavy (non-hydrogen) atoms. The molecule has 2 fully saturated rings. The second kappa shape index (κ2) is 8.64. The van der Waals surface area contributed by atoms with E-state index in [0.29, 0.717) is 11.2 Å². The molecule has 0 bridgehead atoms. The summed E-state index contributed by atoms with van der Waals surface area (Å²) in [6.45, 7) is 9.38. The summed E-state index contributed by atoms with van der Waals surface area (Å²) in [6.07, 6.45) is 3.89. The van der Waals surface area contributed by atoms with Crippen molar-refractivity contribution >= 4 is 11.8 Å². The Hall–Kier alpha value is -2.91. The summed E-state index contributed by atoms with van der Waals surface area (Å²) in [6, 6.07) is 9.12. The van der Waals surface area contributed by atoms with Crippen LogP contribution in [0, 0.1) is 26.7 Å². The molecule has 0 amide bonds. The summed E-state index contributed by atoms with van der Waals surface area (Å²) in [5, 5.41) is 13.7. The van der Waals surface area contributed by atoms with Gasteiger partial charge in [-0.2, -0.15) is 0 Å². The number of benzene rings is 1. The lowest BCUT2D eigenvalue weighted by Gasteiger charge is -2.21. The van der Waals surface area contributed by atoms with E-state index < -0.39 is 0 Å². The average Bonchev–Trinajstić information content (AvgIpc) is 3.26. The number of aromatic nitrogens is 5. The molecular weight excluding hydrogens is 460 g/mol. The largest absolute Gasteiger partial charge is 0.440 e. The van der Waals surface area contributed by atoms with Crippen LogP contribution < -0.4 is 0 Å². The molecule has 1 aromatic carbocycles.